The van der Waals surface area contributed by atoms with Gasteiger partial charge in [-0.25, -0.2) is 10.6 Å². The highest BCUT2D eigenvalue weighted by Crippen LogP contribution is 2.15. The van der Waals surface area contributed by atoms with Crippen LogP contribution in [0.5, 0.6) is 5.75 Å². The maximum atomic E-state index is 10.8. The number of hydrogen-bond acceptors (Lipinski definition) is 5. The number of hydrogen-bond donors (Lipinski definition) is 4. The second-order valence-electron chi connectivity index (χ2n) is 4.44. The fourth-order valence-corrected chi connectivity index (χ4v) is 1.68. The lowest BCUT2D eigenvalue weighted by atomic mass is 10.2. The van der Waals surface area contributed by atoms with Crippen molar-refractivity contribution in [3.63, 3.8) is 0 Å². The number of hydrazine groups is 1. The van der Waals surface area contributed by atoms with Crippen LogP contribution in [0.15, 0.2) is 66.2 Å². The van der Waals surface area contributed by atoms with Gasteiger partial charge in [-0.3, -0.25) is 5.43 Å². The van der Waals surface area contributed by atoms with Gasteiger partial charge in [0, 0.05) is 11.1 Å². The van der Waals surface area contributed by atoms with E-state index in [0.717, 1.165) is 5.56 Å². The molecule has 2 aromatic carbocycles. The van der Waals surface area contributed by atoms with Crippen molar-refractivity contribution in [2.75, 3.05) is 0 Å². The lowest BCUT2D eigenvalue weighted by Crippen LogP contribution is -2.31. The summed E-state index contributed by atoms with van der Waals surface area (Å²) >= 11 is 0. The zero-order chi connectivity index (χ0) is 16.7. The Morgan fingerprint density at radius 1 is 1.04 bits per heavy atom. The molecule has 0 amide bonds. The van der Waals surface area contributed by atoms with Gasteiger partial charge in [0.25, 0.3) is 0 Å². The van der Waals surface area contributed by atoms with E-state index in [1.54, 1.807) is 18.2 Å². The molecule has 0 aliphatic carbocycles. The minimum Gasteiger partial charge on any atom is -0.476 e. The summed E-state index contributed by atoms with van der Waals surface area (Å²) in [4.78, 5) is 10.8. The highest BCUT2D eigenvalue weighted by atomic mass is 16.5. The largest absolute Gasteiger partial charge is 0.476 e. The molecular formula is C17H15N3O3. The Bertz CT molecular complexity index is 789. The molecule has 6 nitrogen and oxygen atoms in total. The molecule has 116 valence electrons. The molecular weight excluding hydrogens is 294 g/mol. The molecule has 23 heavy (non-hydrogen) atoms. The van der Waals surface area contributed by atoms with Crippen LogP contribution in [-0.2, 0) is 4.79 Å². The molecule has 2 rings (SSSR count). The van der Waals surface area contributed by atoms with E-state index in [2.05, 4.69) is 17.3 Å². The molecule has 0 bridgehead atoms. The second kappa shape index (κ2) is 7.54. The van der Waals surface area contributed by atoms with E-state index in [1.807, 2.05) is 36.4 Å². The lowest BCUT2D eigenvalue weighted by Gasteiger charge is -2.10. The van der Waals surface area contributed by atoms with Crippen molar-refractivity contribution in [1.82, 2.24) is 5.43 Å². The number of nitrogens with two attached hydrogens (primary N) is 2. The van der Waals surface area contributed by atoms with Crippen LogP contribution in [0.4, 0.5) is 0 Å². The van der Waals surface area contributed by atoms with Gasteiger partial charge in [0.05, 0.1) is 0 Å². The van der Waals surface area contributed by atoms with E-state index in [1.165, 1.54) is 0 Å². The smallest absolute Gasteiger partial charge is 0.357 e. The first-order chi connectivity index (χ1) is 11.1. The number of carbonyl (C=O) groups is 1. The van der Waals surface area contributed by atoms with E-state index >= 15 is 0 Å². The summed E-state index contributed by atoms with van der Waals surface area (Å²) in [6.45, 7) is 0. The monoisotopic (exact) mass is 309 g/mol. The Balaban J connectivity index is 2.22. The van der Waals surface area contributed by atoms with Gasteiger partial charge in [0.1, 0.15) is 5.75 Å². The zero-order valence-corrected chi connectivity index (χ0v) is 12.1. The van der Waals surface area contributed by atoms with Gasteiger partial charge in [-0.1, -0.05) is 36.1 Å². The van der Waals surface area contributed by atoms with Crippen LogP contribution < -0.4 is 21.7 Å². The van der Waals surface area contributed by atoms with Gasteiger partial charge in [-0.05, 0) is 30.3 Å². The van der Waals surface area contributed by atoms with E-state index in [-0.39, 0.29) is 5.88 Å². The van der Waals surface area contributed by atoms with Gasteiger partial charge in [0.2, 0.25) is 5.88 Å². The van der Waals surface area contributed by atoms with Crippen molar-refractivity contribution in [3.8, 4) is 17.6 Å². The van der Waals surface area contributed by atoms with Crippen LogP contribution >= 0.6 is 0 Å². The van der Waals surface area contributed by atoms with E-state index in [9.17, 15) is 4.79 Å². The van der Waals surface area contributed by atoms with Crippen molar-refractivity contribution in [2.24, 2.45) is 11.6 Å². The fourth-order valence-electron chi connectivity index (χ4n) is 1.68. The molecule has 0 radical (unpaired) electrons. The topological polar surface area (TPSA) is 111 Å². The summed E-state index contributed by atoms with van der Waals surface area (Å²) in [6.07, 6.45) is 0. The summed E-state index contributed by atoms with van der Waals surface area (Å²) in [5, 5.41) is 8.85. The van der Waals surface area contributed by atoms with Crippen LogP contribution in [0.25, 0.3) is 0 Å². The van der Waals surface area contributed by atoms with Crippen molar-refractivity contribution >= 4 is 5.97 Å². The predicted molar refractivity (Wildman–Crippen MR) is 85.7 cm³/mol. The first-order valence-electron chi connectivity index (χ1n) is 6.65. The summed E-state index contributed by atoms with van der Waals surface area (Å²) in [6, 6.07) is 16.4. The first-order valence-corrected chi connectivity index (χ1v) is 6.65. The lowest BCUT2D eigenvalue weighted by molar-refractivity contribution is -0.132. The highest BCUT2D eigenvalue weighted by molar-refractivity contribution is 5.85. The molecule has 6 heteroatoms. The molecule has 0 spiro atoms. The SMILES string of the molecule is NN/C(Oc1cccc(C#Cc2ccccc2)c1)=C(\N)C(=O)O. The summed E-state index contributed by atoms with van der Waals surface area (Å²) in [5.41, 5.74) is 8.57. The van der Waals surface area contributed by atoms with Crippen LogP contribution in [-0.4, -0.2) is 11.1 Å². The van der Waals surface area contributed by atoms with Crippen LogP contribution in [0, 0.1) is 11.8 Å². The molecule has 2 aromatic rings. The van der Waals surface area contributed by atoms with Crippen molar-refractivity contribution in [2.45, 2.75) is 0 Å². The Labute approximate surface area is 133 Å². The molecule has 0 aromatic heterocycles. The Hall–Kier alpha value is -3.43. The average Bonchev–Trinajstić information content (AvgIpc) is 2.58. The Morgan fingerprint density at radius 2 is 1.70 bits per heavy atom. The maximum Gasteiger partial charge on any atom is 0.357 e. The van der Waals surface area contributed by atoms with Gasteiger partial charge in [0.15, 0.2) is 5.70 Å². The Morgan fingerprint density at radius 3 is 2.35 bits per heavy atom. The van der Waals surface area contributed by atoms with Crippen molar-refractivity contribution in [3.05, 3.63) is 77.3 Å². The average molecular weight is 309 g/mol. The zero-order valence-electron chi connectivity index (χ0n) is 12.1. The van der Waals surface area contributed by atoms with Crippen molar-refractivity contribution < 1.29 is 14.6 Å². The second-order valence-corrected chi connectivity index (χ2v) is 4.44. The van der Waals surface area contributed by atoms with Gasteiger partial charge in [-0.15, -0.1) is 0 Å². The molecule has 0 atom stereocenters. The molecule has 6 N–H and O–H groups in total. The summed E-state index contributed by atoms with van der Waals surface area (Å²) in [5.74, 6) is 10.0. The number of nitrogens with one attached hydrogen (secondary N) is 1. The predicted octanol–water partition coefficient (Wildman–Crippen LogP) is 1.14. The summed E-state index contributed by atoms with van der Waals surface area (Å²) < 4.78 is 5.35. The number of ether oxygens (including phenoxy) is 1. The minimum atomic E-state index is -1.34. The molecule has 0 unspecified atom stereocenters. The van der Waals surface area contributed by atoms with Gasteiger partial charge < -0.3 is 15.6 Å². The minimum absolute atomic E-state index is 0.245. The quantitative estimate of drug-likeness (QED) is 0.222. The third-order valence-electron chi connectivity index (χ3n) is 2.79. The van der Waals surface area contributed by atoms with Crippen LogP contribution in [0.1, 0.15) is 11.1 Å². The molecule has 0 heterocycles. The molecule has 0 saturated carbocycles. The summed E-state index contributed by atoms with van der Waals surface area (Å²) in [7, 11) is 0. The third-order valence-corrected chi connectivity index (χ3v) is 2.79. The number of aliphatic carboxylic acids is 1. The van der Waals surface area contributed by atoms with Crippen molar-refractivity contribution in [1.29, 1.82) is 0 Å². The van der Waals surface area contributed by atoms with Gasteiger partial charge >= 0.3 is 5.97 Å². The van der Waals surface area contributed by atoms with E-state index in [4.69, 9.17) is 21.4 Å². The molecule has 0 fully saturated rings. The normalized spacial score (nSPS) is 10.8. The third kappa shape index (κ3) is 4.52. The van der Waals surface area contributed by atoms with E-state index in [0.29, 0.717) is 11.3 Å². The maximum absolute atomic E-state index is 10.8. The van der Waals surface area contributed by atoms with Crippen LogP contribution in [0.3, 0.4) is 0 Å². The number of carboxylic acid groups (broad SMARTS) is 1. The molecule has 0 aliphatic rings. The molecule has 0 saturated heterocycles. The fraction of sp³-hybridized carbons (Fsp3) is 0. The van der Waals surface area contributed by atoms with Crippen LogP contribution in [0.2, 0.25) is 0 Å². The first kappa shape index (κ1) is 15.9. The van der Waals surface area contributed by atoms with Gasteiger partial charge in [-0.2, -0.15) is 0 Å². The number of rotatable bonds is 4. The number of benzene rings is 2. The number of carboxylic acids is 1. The highest BCUT2D eigenvalue weighted by Gasteiger charge is 2.12. The standard InChI is InChI=1S/C17H15N3O3/c18-15(17(21)22)16(20-19)23-14-8-4-7-13(11-14)10-9-12-5-2-1-3-6-12/h1-8,11,20H,18-19H2,(H,21,22)/b16-15+. The molecule has 0 aliphatic heterocycles. The van der Waals surface area contributed by atoms with E-state index < -0.39 is 11.7 Å². The Kier molecular flexibility index (Phi) is 5.23.